The minimum absolute atomic E-state index is 0.577. The molecule has 2 N–H and O–H groups in total. The number of rotatable bonds is 3. The second kappa shape index (κ2) is 3.46. The number of amidine groups is 1. The average molecular weight is 195 g/mol. The number of hydrogen-bond donors (Lipinski definition) is 1. The third-order valence-electron chi connectivity index (χ3n) is 2.25. The van der Waals surface area contributed by atoms with Crippen molar-refractivity contribution < 1.29 is 0 Å². The van der Waals surface area contributed by atoms with Crippen LogP contribution in [0.4, 0.5) is 0 Å². The van der Waals surface area contributed by atoms with E-state index in [0.717, 1.165) is 11.5 Å². The van der Waals surface area contributed by atoms with Crippen molar-refractivity contribution in [3.05, 3.63) is 16.1 Å². The van der Waals surface area contributed by atoms with Crippen LogP contribution in [0, 0.1) is 12.8 Å². The third-order valence-corrected chi connectivity index (χ3v) is 3.17. The molecule has 0 aliphatic heterocycles. The highest BCUT2D eigenvalue weighted by Crippen LogP contribution is 2.29. The smallest absolute Gasteiger partial charge is 0.0972 e. The molecule has 0 unspecified atom stereocenters. The maximum absolute atomic E-state index is 5.78. The van der Waals surface area contributed by atoms with Gasteiger partial charge in [0.2, 0.25) is 0 Å². The molecule has 1 heterocycles. The van der Waals surface area contributed by atoms with Gasteiger partial charge in [-0.3, -0.25) is 4.99 Å². The van der Waals surface area contributed by atoms with E-state index in [1.54, 1.807) is 11.3 Å². The van der Waals surface area contributed by atoms with E-state index in [4.69, 9.17) is 5.73 Å². The van der Waals surface area contributed by atoms with Crippen LogP contribution in [0.1, 0.15) is 23.4 Å². The van der Waals surface area contributed by atoms with Gasteiger partial charge in [-0.1, -0.05) is 0 Å². The Bertz CT molecular complexity index is 325. The summed E-state index contributed by atoms with van der Waals surface area (Å²) in [6.07, 6.45) is 2.44. The predicted molar refractivity (Wildman–Crippen MR) is 54.9 cm³/mol. The van der Waals surface area contributed by atoms with Gasteiger partial charge in [-0.25, -0.2) is 4.98 Å². The molecule has 0 atom stereocenters. The normalized spacial score (nSPS) is 17.8. The third kappa shape index (κ3) is 2.06. The van der Waals surface area contributed by atoms with E-state index in [2.05, 4.69) is 9.98 Å². The Morgan fingerprint density at radius 1 is 1.77 bits per heavy atom. The summed E-state index contributed by atoms with van der Waals surface area (Å²) in [5.74, 6) is 1.40. The van der Waals surface area contributed by atoms with Crippen molar-refractivity contribution >= 4 is 17.2 Å². The first-order chi connectivity index (χ1) is 6.27. The quantitative estimate of drug-likeness (QED) is 0.589. The standard InChI is InChI=1S/C9H13N3S/c1-6-8(13-5-12-6)4-11-9(10)7-2-3-7/h5,7H,2-4H2,1H3,(H2,10,11). The predicted octanol–water partition coefficient (Wildman–Crippen LogP) is 1.72. The zero-order chi connectivity index (χ0) is 9.26. The molecule has 1 aromatic heterocycles. The first-order valence-corrected chi connectivity index (χ1v) is 5.34. The summed E-state index contributed by atoms with van der Waals surface area (Å²) in [4.78, 5) is 9.74. The van der Waals surface area contributed by atoms with Gasteiger partial charge in [0.15, 0.2) is 0 Å². The van der Waals surface area contributed by atoms with E-state index in [9.17, 15) is 0 Å². The van der Waals surface area contributed by atoms with E-state index in [1.165, 1.54) is 17.7 Å². The Labute approximate surface area is 81.7 Å². The Balaban J connectivity index is 1.98. The summed E-state index contributed by atoms with van der Waals surface area (Å²) in [6, 6.07) is 0. The maximum atomic E-state index is 5.78. The molecule has 3 nitrogen and oxygen atoms in total. The Hall–Kier alpha value is -0.900. The highest BCUT2D eigenvalue weighted by Gasteiger charge is 2.25. The van der Waals surface area contributed by atoms with Crippen LogP contribution in [0.15, 0.2) is 10.5 Å². The lowest BCUT2D eigenvalue weighted by Crippen LogP contribution is -2.13. The van der Waals surface area contributed by atoms with Crippen LogP contribution in [0.5, 0.6) is 0 Å². The molecule has 1 fully saturated rings. The zero-order valence-electron chi connectivity index (χ0n) is 7.66. The molecular formula is C9H13N3S. The lowest BCUT2D eigenvalue weighted by Gasteiger charge is -1.96. The van der Waals surface area contributed by atoms with Crippen LogP contribution in [-0.2, 0) is 6.54 Å². The molecule has 0 aromatic carbocycles. The molecule has 0 amide bonds. The van der Waals surface area contributed by atoms with E-state index in [1.807, 2.05) is 12.4 Å². The van der Waals surface area contributed by atoms with Crippen molar-refractivity contribution in [2.24, 2.45) is 16.6 Å². The van der Waals surface area contributed by atoms with Gasteiger partial charge in [0.1, 0.15) is 0 Å². The minimum atomic E-state index is 0.577. The largest absolute Gasteiger partial charge is 0.387 e. The van der Waals surface area contributed by atoms with Gasteiger partial charge in [-0.2, -0.15) is 0 Å². The maximum Gasteiger partial charge on any atom is 0.0972 e. The number of aliphatic imine (C=N–C) groups is 1. The molecular weight excluding hydrogens is 182 g/mol. The van der Waals surface area contributed by atoms with Gasteiger partial charge in [-0.15, -0.1) is 11.3 Å². The summed E-state index contributed by atoms with van der Waals surface area (Å²) in [6.45, 7) is 2.72. The van der Waals surface area contributed by atoms with E-state index >= 15 is 0 Å². The lowest BCUT2D eigenvalue weighted by atomic mass is 10.3. The number of nitrogens with zero attached hydrogens (tertiary/aromatic N) is 2. The van der Waals surface area contributed by atoms with Crippen LogP contribution >= 0.6 is 11.3 Å². The molecule has 0 bridgehead atoms. The fraction of sp³-hybridized carbons (Fsp3) is 0.556. The molecule has 70 valence electrons. The SMILES string of the molecule is Cc1ncsc1CN=C(N)C1CC1. The van der Waals surface area contributed by atoms with Crippen LogP contribution in [0.2, 0.25) is 0 Å². The van der Waals surface area contributed by atoms with Crippen molar-refractivity contribution in [1.82, 2.24) is 4.98 Å². The van der Waals surface area contributed by atoms with E-state index in [0.29, 0.717) is 12.5 Å². The fourth-order valence-electron chi connectivity index (χ4n) is 1.15. The highest BCUT2D eigenvalue weighted by atomic mass is 32.1. The molecule has 1 aliphatic carbocycles. The van der Waals surface area contributed by atoms with E-state index < -0.39 is 0 Å². The van der Waals surface area contributed by atoms with Crippen LogP contribution < -0.4 is 5.73 Å². The fourth-order valence-corrected chi connectivity index (χ4v) is 1.85. The van der Waals surface area contributed by atoms with Crippen molar-refractivity contribution in [2.45, 2.75) is 26.3 Å². The van der Waals surface area contributed by atoms with Crippen LogP contribution in [0.3, 0.4) is 0 Å². The molecule has 1 saturated carbocycles. The average Bonchev–Trinajstić information content (AvgIpc) is 2.88. The molecule has 13 heavy (non-hydrogen) atoms. The highest BCUT2D eigenvalue weighted by molar-refractivity contribution is 7.09. The molecule has 0 spiro atoms. The number of thiazole rings is 1. The second-order valence-corrected chi connectivity index (χ2v) is 4.32. The van der Waals surface area contributed by atoms with Gasteiger partial charge in [-0.05, 0) is 19.8 Å². The number of aryl methyl sites for hydroxylation is 1. The van der Waals surface area contributed by atoms with Gasteiger partial charge in [0.05, 0.1) is 23.6 Å². The lowest BCUT2D eigenvalue weighted by molar-refractivity contribution is 1.02. The summed E-state index contributed by atoms with van der Waals surface area (Å²) in [5, 5.41) is 0. The summed E-state index contributed by atoms with van der Waals surface area (Å²) >= 11 is 1.65. The van der Waals surface area contributed by atoms with Crippen molar-refractivity contribution in [1.29, 1.82) is 0 Å². The van der Waals surface area contributed by atoms with Gasteiger partial charge < -0.3 is 5.73 Å². The van der Waals surface area contributed by atoms with Gasteiger partial charge in [0, 0.05) is 10.8 Å². The molecule has 4 heteroatoms. The zero-order valence-corrected chi connectivity index (χ0v) is 8.47. The number of nitrogens with two attached hydrogens (primary N) is 1. The van der Waals surface area contributed by atoms with E-state index in [-0.39, 0.29) is 0 Å². The van der Waals surface area contributed by atoms with Crippen molar-refractivity contribution in [3.63, 3.8) is 0 Å². The molecule has 0 radical (unpaired) electrons. The Kier molecular flexibility index (Phi) is 2.31. The summed E-state index contributed by atoms with van der Waals surface area (Å²) in [7, 11) is 0. The topological polar surface area (TPSA) is 51.3 Å². The van der Waals surface area contributed by atoms with Crippen molar-refractivity contribution in [3.8, 4) is 0 Å². The van der Waals surface area contributed by atoms with Crippen molar-refractivity contribution in [2.75, 3.05) is 0 Å². The monoisotopic (exact) mass is 195 g/mol. The van der Waals surface area contributed by atoms with Gasteiger partial charge >= 0.3 is 0 Å². The number of hydrogen-bond acceptors (Lipinski definition) is 3. The molecule has 2 rings (SSSR count). The molecule has 1 aliphatic rings. The minimum Gasteiger partial charge on any atom is -0.387 e. The first kappa shape index (κ1) is 8.69. The summed E-state index contributed by atoms with van der Waals surface area (Å²) in [5.41, 5.74) is 8.72. The second-order valence-electron chi connectivity index (χ2n) is 3.38. The molecule has 1 aromatic rings. The van der Waals surface area contributed by atoms with Crippen LogP contribution in [-0.4, -0.2) is 10.8 Å². The Morgan fingerprint density at radius 2 is 2.54 bits per heavy atom. The summed E-state index contributed by atoms with van der Waals surface area (Å²) < 4.78 is 0. The Morgan fingerprint density at radius 3 is 3.08 bits per heavy atom. The number of aromatic nitrogens is 1. The molecule has 0 saturated heterocycles. The van der Waals surface area contributed by atoms with Gasteiger partial charge in [0.25, 0.3) is 0 Å². The van der Waals surface area contributed by atoms with Crippen LogP contribution in [0.25, 0.3) is 0 Å². The first-order valence-electron chi connectivity index (χ1n) is 4.46.